The van der Waals surface area contributed by atoms with Crippen molar-refractivity contribution in [3.05, 3.63) is 72.9 Å². The van der Waals surface area contributed by atoms with Crippen LogP contribution in [0.5, 0.6) is 5.75 Å². The third-order valence-corrected chi connectivity index (χ3v) is 3.25. The molecule has 1 aromatic heterocycles. The largest absolute Gasteiger partial charge is 0.497 e. The summed E-state index contributed by atoms with van der Waals surface area (Å²) >= 11 is 0. The van der Waals surface area contributed by atoms with Crippen LogP contribution in [0.25, 0.3) is 22.4 Å². The smallest absolute Gasteiger partial charge is 0.119 e. The lowest BCUT2D eigenvalue weighted by Gasteiger charge is -2.10. The monoisotopic (exact) mass is 261 g/mol. The van der Waals surface area contributed by atoms with E-state index in [-0.39, 0.29) is 0 Å². The van der Waals surface area contributed by atoms with Gasteiger partial charge in [-0.2, -0.15) is 0 Å². The number of benzene rings is 2. The van der Waals surface area contributed by atoms with Crippen LogP contribution in [-0.4, -0.2) is 12.1 Å². The van der Waals surface area contributed by atoms with Gasteiger partial charge in [-0.1, -0.05) is 42.5 Å². The lowest BCUT2D eigenvalue weighted by Crippen LogP contribution is -1.88. The van der Waals surface area contributed by atoms with E-state index in [0.717, 1.165) is 28.1 Å². The second kappa shape index (κ2) is 5.57. The number of hydrogen-bond acceptors (Lipinski definition) is 2. The Labute approximate surface area is 118 Å². The van der Waals surface area contributed by atoms with Gasteiger partial charge in [-0.05, 0) is 35.4 Å². The normalized spacial score (nSPS) is 10.2. The molecule has 20 heavy (non-hydrogen) atoms. The first-order valence-corrected chi connectivity index (χ1v) is 6.53. The number of ether oxygens (including phenoxy) is 1. The van der Waals surface area contributed by atoms with Crippen molar-refractivity contribution in [2.24, 2.45) is 0 Å². The van der Waals surface area contributed by atoms with Crippen LogP contribution in [0.4, 0.5) is 0 Å². The molecule has 2 aromatic carbocycles. The van der Waals surface area contributed by atoms with E-state index in [4.69, 9.17) is 4.74 Å². The lowest BCUT2D eigenvalue weighted by atomic mass is 9.97. The first-order chi connectivity index (χ1) is 9.88. The van der Waals surface area contributed by atoms with Gasteiger partial charge in [-0.15, -0.1) is 0 Å². The fraction of sp³-hybridized carbons (Fsp3) is 0.0556. The van der Waals surface area contributed by atoms with E-state index >= 15 is 0 Å². The van der Waals surface area contributed by atoms with E-state index in [2.05, 4.69) is 23.2 Å². The maximum absolute atomic E-state index is 5.31. The predicted octanol–water partition coefficient (Wildman–Crippen LogP) is 4.42. The fourth-order valence-electron chi connectivity index (χ4n) is 2.27. The Kier molecular flexibility index (Phi) is 3.46. The minimum Gasteiger partial charge on any atom is -0.497 e. The Balaban J connectivity index is 2.15. The molecular formula is C18H15NO. The second-order valence-corrected chi connectivity index (χ2v) is 4.49. The number of aromatic nitrogens is 1. The highest BCUT2D eigenvalue weighted by Gasteiger charge is 2.08. The molecular weight excluding hydrogens is 246 g/mol. The average Bonchev–Trinajstić information content (AvgIpc) is 2.56. The Morgan fingerprint density at radius 1 is 0.800 bits per heavy atom. The average molecular weight is 261 g/mol. The summed E-state index contributed by atoms with van der Waals surface area (Å²) in [6.07, 6.45) is 1.82. The molecule has 0 unspecified atom stereocenters. The van der Waals surface area contributed by atoms with Crippen LogP contribution < -0.4 is 4.74 Å². The third kappa shape index (κ3) is 2.41. The van der Waals surface area contributed by atoms with Gasteiger partial charge < -0.3 is 4.74 Å². The molecule has 0 N–H and O–H groups in total. The first-order valence-electron chi connectivity index (χ1n) is 6.53. The van der Waals surface area contributed by atoms with Crippen LogP contribution >= 0.6 is 0 Å². The molecule has 1 heterocycles. The Morgan fingerprint density at radius 2 is 1.60 bits per heavy atom. The van der Waals surface area contributed by atoms with E-state index in [0.29, 0.717) is 0 Å². The van der Waals surface area contributed by atoms with Gasteiger partial charge in [0.1, 0.15) is 5.75 Å². The molecule has 0 fully saturated rings. The SMILES string of the molecule is COc1cccc(-c2ccccc2-c2ccccn2)c1. The number of pyridine rings is 1. The quantitative estimate of drug-likeness (QED) is 0.696. The number of hydrogen-bond donors (Lipinski definition) is 0. The minimum absolute atomic E-state index is 0.860. The molecule has 3 aromatic rings. The van der Waals surface area contributed by atoms with Crippen molar-refractivity contribution in [3.63, 3.8) is 0 Å². The van der Waals surface area contributed by atoms with Crippen LogP contribution in [0, 0.1) is 0 Å². The highest BCUT2D eigenvalue weighted by molar-refractivity contribution is 5.82. The summed E-state index contributed by atoms with van der Waals surface area (Å²) in [4.78, 5) is 4.45. The summed E-state index contributed by atoms with van der Waals surface area (Å²) in [7, 11) is 1.68. The Morgan fingerprint density at radius 3 is 2.35 bits per heavy atom. The van der Waals surface area contributed by atoms with Crippen LogP contribution in [-0.2, 0) is 0 Å². The van der Waals surface area contributed by atoms with Gasteiger partial charge in [-0.3, -0.25) is 4.98 Å². The van der Waals surface area contributed by atoms with Crippen molar-refractivity contribution >= 4 is 0 Å². The van der Waals surface area contributed by atoms with Crippen LogP contribution in [0.3, 0.4) is 0 Å². The predicted molar refractivity (Wildman–Crippen MR) is 81.7 cm³/mol. The standard InChI is InChI=1S/C18H15NO/c1-20-15-8-6-7-14(13-15)16-9-2-3-10-17(16)18-11-4-5-12-19-18/h2-13H,1H3. The van der Waals surface area contributed by atoms with Gasteiger partial charge in [0.15, 0.2) is 0 Å². The van der Waals surface area contributed by atoms with Crippen molar-refractivity contribution in [2.45, 2.75) is 0 Å². The molecule has 0 bridgehead atoms. The van der Waals surface area contributed by atoms with Crippen molar-refractivity contribution in [1.29, 1.82) is 0 Å². The topological polar surface area (TPSA) is 22.1 Å². The molecule has 0 aliphatic heterocycles. The molecule has 2 heteroatoms. The van der Waals surface area contributed by atoms with Gasteiger partial charge in [0.25, 0.3) is 0 Å². The Hall–Kier alpha value is -2.61. The van der Waals surface area contributed by atoms with Gasteiger partial charge in [-0.25, -0.2) is 0 Å². The molecule has 0 saturated heterocycles. The summed E-state index contributed by atoms with van der Waals surface area (Å²) in [6.45, 7) is 0. The van der Waals surface area contributed by atoms with Crippen molar-refractivity contribution in [3.8, 4) is 28.1 Å². The molecule has 0 spiro atoms. The summed E-state index contributed by atoms with van der Waals surface area (Å²) < 4.78 is 5.31. The molecule has 0 aliphatic rings. The maximum atomic E-state index is 5.31. The molecule has 2 nitrogen and oxygen atoms in total. The van der Waals surface area contributed by atoms with Crippen molar-refractivity contribution in [1.82, 2.24) is 4.98 Å². The van der Waals surface area contributed by atoms with E-state index in [1.807, 2.05) is 54.7 Å². The third-order valence-electron chi connectivity index (χ3n) is 3.25. The highest BCUT2D eigenvalue weighted by atomic mass is 16.5. The molecule has 3 rings (SSSR count). The van der Waals surface area contributed by atoms with Crippen molar-refractivity contribution in [2.75, 3.05) is 7.11 Å². The zero-order chi connectivity index (χ0) is 13.8. The van der Waals surface area contributed by atoms with Crippen LogP contribution in [0.2, 0.25) is 0 Å². The molecule has 0 saturated carbocycles. The number of rotatable bonds is 3. The first kappa shape index (κ1) is 12.4. The van der Waals surface area contributed by atoms with E-state index in [9.17, 15) is 0 Å². The Bertz CT molecular complexity index is 707. The van der Waals surface area contributed by atoms with Crippen molar-refractivity contribution < 1.29 is 4.74 Å². The zero-order valence-electron chi connectivity index (χ0n) is 11.3. The van der Waals surface area contributed by atoms with Crippen LogP contribution in [0.1, 0.15) is 0 Å². The summed E-state index contributed by atoms with van der Waals surface area (Å²) in [5.41, 5.74) is 4.39. The minimum atomic E-state index is 0.860. The summed E-state index contributed by atoms with van der Waals surface area (Å²) in [5.74, 6) is 0.860. The van der Waals surface area contributed by atoms with Gasteiger partial charge in [0.2, 0.25) is 0 Å². The molecule has 0 radical (unpaired) electrons. The fourth-order valence-corrected chi connectivity index (χ4v) is 2.27. The van der Waals surface area contributed by atoms with E-state index in [1.54, 1.807) is 7.11 Å². The summed E-state index contributed by atoms with van der Waals surface area (Å²) in [5, 5.41) is 0. The van der Waals surface area contributed by atoms with Gasteiger partial charge in [0.05, 0.1) is 12.8 Å². The highest BCUT2D eigenvalue weighted by Crippen LogP contribution is 2.32. The number of methoxy groups -OCH3 is 1. The summed E-state index contributed by atoms with van der Waals surface area (Å²) in [6, 6.07) is 22.3. The molecule has 0 atom stereocenters. The van der Waals surface area contributed by atoms with Gasteiger partial charge >= 0.3 is 0 Å². The van der Waals surface area contributed by atoms with E-state index in [1.165, 1.54) is 0 Å². The number of nitrogens with zero attached hydrogens (tertiary/aromatic N) is 1. The van der Waals surface area contributed by atoms with Gasteiger partial charge in [0, 0.05) is 11.8 Å². The second-order valence-electron chi connectivity index (χ2n) is 4.49. The molecule has 0 amide bonds. The zero-order valence-corrected chi connectivity index (χ0v) is 11.3. The molecule has 0 aliphatic carbocycles. The molecule has 98 valence electrons. The van der Waals surface area contributed by atoms with E-state index < -0.39 is 0 Å². The lowest BCUT2D eigenvalue weighted by molar-refractivity contribution is 0.415. The van der Waals surface area contributed by atoms with Crippen LogP contribution in [0.15, 0.2) is 72.9 Å². The maximum Gasteiger partial charge on any atom is 0.119 e.